The molecule has 102 valence electrons. The van der Waals surface area contributed by atoms with E-state index >= 15 is 0 Å². The van der Waals surface area contributed by atoms with Gasteiger partial charge in [-0.15, -0.1) is 0 Å². The zero-order chi connectivity index (χ0) is 14.3. The predicted molar refractivity (Wildman–Crippen MR) is 72.8 cm³/mol. The number of urea groups is 1. The second-order valence-electron chi connectivity index (χ2n) is 4.33. The van der Waals surface area contributed by atoms with Crippen LogP contribution in [0.3, 0.4) is 0 Å². The van der Waals surface area contributed by atoms with Gasteiger partial charge in [-0.3, -0.25) is 4.79 Å². The number of hydrogen-bond acceptors (Lipinski definition) is 2. The summed E-state index contributed by atoms with van der Waals surface area (Å²) >= 11 is 0. The summed E-state index contributed by atoms with van der Waals surface area (Å²) in [4.78, 5) is 22.2. The number of aliphatic carboxylic acids is 1. The van der Waals surface area contributed by atoms with Crippen LogP contribution in [0.1, 0.15) is 18.1 Å². The van der Waals surface area contributed by atoms with Gasteiger partial charge in [-0.25, -0.2) is 4.79 Å². The van der Waals surface area contributed by atoms with Crippen molar-refractivity contribution in [2.75, 3.05) is 6.54 Å². The molecule has 5 nitrogen and oxygen atoms in total. The van der Waals surface area contributed by atoms with Crippen molar-refractivity contribution in [3.63, 3.8) is 0 Å². The molecule has 1 aromatic carbocycles. The Hall–Kier alpha value is -2.30. The molecule has 0 bridgehead atoms. The van der Waals surface area contributed by atoms with Crippen LogP contribution in [-0.4, -0.2) is 23.7 Å². The summed E-state index contributed by atoms with van der Waals surface area (Å²) in [5.41, 5.74) is 2.37. The summed E-state index contributed by atoms with van der Waals surface area (Å²) in [5.74, 6) is -0.890. The van der Waals surface area contributed by atoms with E-state index in [2.05, 4.69) is 17.2 Å². The van der Waals surface area contributed by atoms with Crippen molar-refractivity contribution in [3.05, 3.63) is 47.5 Å². The second kappa shape index (κ2) is 7.20. The van der Waals surface area contributed by atoms with Crippen LogP contribution in [0.4, 0.5) is 4.79 Å². The van der Waals surface area contributed by atoms with Crippen molar-refractivity contribution in [2.24, 2.45) is 0 Å². The van der Waals surface area contributed by atoms with Crippen LogP contribution in [-0.2, 0) is 17.8 Å². The fourth-order valence-corrected chi connectivity index (χ4v) is 1.53. The van der Waals surface area contributed by atoms with Crippen LogP contribution in [0.5, 0.6) is 0 Å². The van der Waals surface area contributed by atoms with Gasteiger partial charge in [0.05, 0.1) is 6.42 Å². The summed E-state index contributed by atoms with van der Waals surface area (Å²) in [6.07, 6.45) is -0.0504. The Kier molecular flexibility index (Phi) is 5.60. The van der Waals surface area contributed by atoms with E-state index in [1.165, 1.54) is 0 Å². The monoisotopic (exact) mass is 262 g/mol. The van der Waals surface area contributed by atoms with Gasteiger partial charge in [0.25, 0.3) is 0 Å². The average Bonchev–Trinajstić information content (AvgIpc) is 2.34. The Morgan fingerprint density at radius 3 is 2.42 bits per heavy atom. The lowest BCUT2D eigenvalue weighted by Crippen LogP contribution is -2.36. The van der Waals surface area contributed by atoms with Gasteiger partial charge in [0.2, 0.25) is 0 Å². The standard InChI is InChI=1S/C14H18N2O3/c1-10(2)8-15-14(19)16-9-12-6-4-3-5-11(12)7-13(17)18/h3-6H,1,7-9H2,2H3,(H,17,18)(H2,15,16,19). The van der Waals surface area contributed by atoms with E-state index in [4.69, 9.17) is 5.11 Å². The van der Waals surface area contributed by atoms with Gasteiger partial charge in [-0.1, -0.05) is 36.4 Å². The number of amides is 2. The van der Waals surface area contributed by atoms with Gasteiger partial charge in [0.1, 0.15) is 0 Å². The molecule has 0 aliphatic carbocycles. The SMILES string of the molecule is C=C(C)CNC(=O)NCc1ccccc1CC(=O)O. The molecule has 0 saturated heterocycles. The molecule has 0 atom stereocenters. The Morgan fingerprint density at radius 2 is 1.84 bits per heavy atom. The van der Waals surface area contributed by atoms with Crippen molar-refractivity contribution in [3.8, 4) is 0 Å². The lowest BCUT2D eigenvalue weighted by atomic mass is 10.0. The third kappa shape index (κ3) is 5.72. The molecule has 0 radical (unpaired) electrons. The highest BCUT2D eigenvalue weighted by Crippen LogP contribution is 2.09. The smallest absolute Gasteiger partial charge is 0.315 e. The minimum Gasteiger partial charge on any atom is -0.481 e. The molecule has 0 aromatic heterocycles. The zero-order valence-electron chi connectivity index (χ0n) is 10.9. The highest BCUT2D eigenvalue weighted by Gasteiger charge is 2.07. The third-order valence-electron chi connectivity index (χ3n) is 2.45. The molecule has 3 N–H and O–H groups in total. The van der Waals surface area contributed by atoms with Crippen LogP contribution in [0.2, 0.25) is 0 Å². The van der Waals surface area contributed by atoms with E-state index < -0.39 is 5.97 Å². The number of rotatable bonds is 6. The molecule has 0 unspecified atom stereocenters. The van der Waals surface area contributed by atoms with E-state index in [0.717, 1.165) is 11.1 Å². The van der Waals surface area contributed by atoms with Crippen LogP contribution < -0.4 is 10.6 Å². The zero-order valence-corrected chi connectivity index (χ0v) is 10.9. The Labute approximate surface area is 112 Å². The molecule has 0 aliphatic heterocycles. The molecule has 1 rings (SSSR count). The number of carbonyl (C=O) groups excluding carboxylic acids is 1. The van der Waals surface area contributed by atoms with Gasteiger partial charge in [-0.05, 0) is 18.1 Å². The highest BCUT2D eigenvalue weighted by molar-refractivity contribution is 5.74. The molecule has 0 spiro atoms. The maximum Gasteiger partial charge on any atom is 0.315 e. The summed E-state index contributed by atoms with van der Waals surface area (Å²) in [6.45, 7) is 6.22. The maximum atomic E-state index is 11.5. The molecule has 0 aliphatic rings. The second-order valence-corrected chi connectivity index (χ2v) is 4.33. The third-order valence-corrected chi connectivity index (χ3v) is 2.45. The first kappa shape index (κ1) is 14.8. The first-order chi connectivity index (χ1) is 8.99. The number of benzene rings is 1. The fourth-order valence-electron chi connectivity index (χ4n) is 1.53. The van der Waals surface area contributed by atoms with Crippen molar-refractivity contribution in [1.82, 2.24) is 10.6 Å². The van der Waals surface area contributed by atoms with Crippen LogP contribution in [0.25, 0.3) is 0 Å². The van der Waals surface area contributed by atoms with Gasteiger partial charge >= 0.3 is 12.0 Å². The van der Waals surface area contributed by atoms with Crippen LogP contribution in [0, 0.1) is 0 Å². The largest absolute Gasteiger partial charge is 0.481 e. The number of carboxylic acids is 1. The molecular formula is C14H18N2O3. The molecule has 0 heterocycles. The minimum atomic E-state index is -0.890. The maximum absolute atomic E-state index is 11.5. The Morgan fingerprint density at radius 1 is 1.21 bits per heavy atom. The lowest BCUT2D eigenvalue weighted by Gasteiger charge is -2.10. The van der Waals surface area contributed by atoms with E-state index in [9.17, 15) is 9.59 Å². The number of carboxylic acid groups (broad SMARTS) is 1. The van der Waals surface area contributed by atoms with Crippen molar-refractivity contribution in [1.29, 1.82) is 0 Å². The van der Waals surface area contributed by atoms with Gasteiger partial charge in [0, 0.05) is 13.1 Å². The summed E-state index contributed by atoms with van der Waals surface area (Å²) in [5, 5.41) is 14.1. The van der Waals surface area contributed by atoms with E-state index in [-0.39, 0.29) is 12.5 Å². The van der Waals surface area contributed by atoms with Gasteiger partial charge in [-0.2, -0.15) is 0 Å². The van der Waals surface area contributed by atoms with Crippen LogP contribution in [0.15, 0.2) is 36.4 Å². The fraction of sp³-hybridized carbons (Fsp3) is 0.286. The van der Waals surface area contributed by atoms with Gasteiger partial charge in [0.15, 0.2) is 0 Å². The summed E-state index contributed by atoms with van der Waals surface area (Å²) in [7, 11) is 0. The first-order valence-corrected chi connectivity index (χ1v) is 5.93. The quantitative estimate of drug-likeness (QED) is 0.683. The van der Waals surface area contributed by atoms with Crippen molar-refractivity contribution in [2.45, 2.75) is 19.9 Å². The van der Waals surface area contributed by atoms with E-state index in [1.807, 2.05) is 13.0 Å². The molecule has 1 aromatic rings. The molecular weight excluding hydrogens is 244 g/mol. The van der Waals surface area contributed by atoms with Gasteiger partial charge < -0.3 is 15.7 Å². The Bertz CT molecular complexity index is 483. The van der Waals surface area contributed by atoms with Crippen LogP contribution >= 0.6 is 0 Å². The van der Waals surface area contributed by atoms with E-state index in [1.54, 1.807) is 18.2 Å². The first-order valence-electron chi connectivity index (χ1n) is 5.93. The number of hydrogen-bond donors (Lipinski definition) is 3. The molecule has 0 fully saturated rings. The average molecular weight is 262 g/mol. The molecule has 19 heavy (non-hydrogen) atoms. The predicted octanol–water partition coefficient (Wildman–Crippen LogP) is 1.69. The summed E-state index contributed by atoms with van der Waals surface area (Å²) in [6, 6.07) is 6.85. The highest BCUT2D eigenvalue weighted by atomic mass is 16.4. The normalized spacial score (nSPS) is 9.74. The topological polar surface area (TPSA) is 78.4 Å². The molecule has 5 heteroatoms. The molecule has 0 saturated carbocycles. The molecule has 2 amide bonds. The lowest BCUT2D eigenvalue weighted by molar-refractivity contribution is -0.136. The van der Waals surface area contributed by atoms with Crippen molar-refractivity contribution >= 4 is 12.0 Å². The van der Waals surface area contributed by atoms with Crippen molar-refractivity contribution < 1.29 is 14.7 Å². The van der Waals surface area contributed by atoms with E-state index in [0.29, 0.717) is 18.7 Å². The number of nitrogens with one attached hydrogen (secondary N) is 2. The number of carbonyl (C=O) groups is 2. The Balaban J connectivity index is 2.55. The minimum absolute atomic E-state index is 0.0504. The summed E-state index contributed by atoms with van der Waals surface area (Å²) < 4.78 is 0.